The number of carbonyl (C=O) groups excluding carboxylic acids is 1. The summed E-state index contributed by atoms with van der Waals surface area (Å²) in [6.45, 7) is 1.34. The van der Waals surface area contributed by atoms with Crippen molar-refractivity contribution in [2.45, 2.75) is 69.9 Å². The first-order chi connectivity index (χ1) is 21.9. The van der Waals surface area contributed by atoms with Crippen molar-refractivity contribution in [1.29, 1.82) is 0 Å². The second-order valence-electron chi connectivity index (χ2n) is 13.1. The fourth-order valence-electron chi connectivity index (χ4n) is 7.60. The van der Waals surface area contributed by atoms with Crippen LogP contribution in [0.2, 0.25) is 0 Å². The van der Waals surface area contributed by atoms with Crippen molar-refractivity contribution in [2.75, 3.05) is 32.1 Å². The molecular weight excluding hydrogens is 571 g/mol. The number of nitrogens with zero attached hydrogens (tertiary/aromatic N) is 2. The van der Waals surface area contributed by atoms with Gasteiger partial charge in [0.2, 0.25) is 5.43 Å². The first-order valence-corrected chi connectivity index (χ1v) is 16.4. The summed E-state index contributed by atoms with van der Waals surface area (Å²) in [6.07, 6.45) is 11.1. The molecule has 1 aliphatic carbocycles. The number of anilines is 1. The summed E-state index contributed by atoms with van der Waals surface area (Å²) < 4.78 is 24.3. The first kappa shape index (κ1) is 29.7. The van der Waals surface area contributed by atoms with Crippen LogP contribution in [0.5, 0.6) is 11.5 Å². The summed E-state index contributed by atoms with van der Waals surface area (Å²) >= 11 is 0. The van der Waals surface area contributed by atoms with Gasteiger partial charge in [-0.1, -0.05) is 56.4 Å². The second-order valence-corrected chi connectivity index (χ2v) is 13.1. The van der Waals surface area contributed by atoms with E-state index in [1.54, 1.807) is 10.8 Å². The van der Waals surface area contributed by atoms with Gasteiger partial charge in [0.25, 0.3) is 5.91 Å². The van der Waals surface area contributed by atoms with E-state index in [4.69, 9.17) is 4.74 Å². The van der Waals surface area contributed by atoms with Crippen molar-refractivity contribution in [1.82, 2.24) is 14.8 Å². The van der Waals surface area contributed by atoms with Crippen LogP contribution in [-0.4, -0.2) is 59.3 Å². The number of hydrogen-bond donors (Lipinski definition) is 3. The zero-order chi connectivity index (χ0) is 31.1. The number of carbonyl (C=O) groups is 1. The Bertz CT molecular complexity index is 1820. The second kappa shape index (κ2) is 12.4. The van der Waals surface area contributed by atoms with Gasteiger partial charge in [-0.3, -0.25) is 9.59 Å². The molecule has 1 amide bonds. The van der Waals surface area contributed by atoms with Crippen molar-refractivity contribution in [3.05, 3.63) is 70.3 Å². The maximum atomic E-state index is 16.1. The number of benzene rings is 3. The Morgan fingerprint density at radius 2 is 1.87 bits per heavy atom. The molecule has 3 N–H and O–H groups in total. The highest BCUT2D eigenvalue weighted by molar-refractivity contribution is 6.02. The van der Waals surface area contributed by atoms with Gasteiger partial charge in [-0.15, -0.1) is 0 Å². The molecule has 45 heavy (non-hydrogen) atoms. The molecule has 9 heteroatoms. The molecule has 2 fully saturated rings. The molecule has 3 heterocycles. The largest absolute Gasteiger partial charge is 0.451 e. The van der Waals surface area contributed by atoms with Crippen molar-refractivity contribution >= 4 is 33.3 Å². The minimum absolute atomic E-state index is 0.0418. The van der Waals surface area contributed by atoms with Crippen molar-refractivity contribution in [2.24, 2.45) is 5.92 Å². The number of hydrogen-bond acceptors (Lipinski definition) is 6. The Balaban J connectivity index is 1.31. The van der Waals surface area contributed by atoms with Gasteiger partial charge in [-0.25, -0.2) is 4.39 Å². The number of aliphatic hydroxyl groups is 1. The minimum atomic E-state index is -0.658. The van der Waals surface area contributed by atoms with Crippen LogP contribution in [0.1, 0.15) is 68.1 Å². The van der Waals surface area contributed by atoms with Crippen LogP contribution in [0.3, 0.4) is 0 Å². The number of ether oxygens (including phenoxy) is 1. The smallest absolute Gasteiger partial charge is 0.256 e. The zero-order valence-electron chi connectivity index (χ0n) is 25.8. The van der Waals surface area contributed by atoms with Crippen LogP contribution >= 0.6 is 0 Å². The zero-order valence-corrected chi connectivity index (χ0v) is 25.8. The predicted octanol–water partition coefficient (Wildman–Crippen LogP) is 6.35. The van der Waals surface area contributed by atoms with E-state index in [2.05, 4.69) is 22.6 Å². The molecule has 0 bridgehead atoms. The molecule has 4 aromatic rings. The van der Waals surface area contributed by atoms with E-state index in [-0.39, 0.29) is 35.0 Å². The highest BCUT2D eigenvalue weighted by Gasteiger charge is 2.30. The average molecular weight is 613 g/mol. The Labute approximate surface area is 262 Å². The molecule has 0 spiro atoms. The van der Waals surface area contributed by atoms with Crippen molar-refractivity contribution in [3.8, 4) is 17.2 Å². The van der Waals surface area contributed by atoms with Gasteiger partial charge in [0.15, 0.2) is 17.3 Å². The SMILES string of the molecule is CN1CCCC1CCNC(=O)c1cn2c3c(c(N[C@@H](CO)CC4CCCCC4)c(F)cc3c1=O)Oc1cc3ccccc3cc1-2. The third kappa shape index (κ3) is 5.68. The lowest BCUT2D eigenvalue weighted by Gasteiger charge is -2.30. The number of halogens is 1. The first-order valence-electron chi connectivity index (χ1n) is 16.4. The maximum Gasteiger partial charge on any atom is 0.256 e. The van der Waals surface area contributed by atoms with Crippen molar-refractivity contribution < 1.29 is 19.0 Å². The van der Waals surface area contributed by atoms with E-state index in [1.807, 2.05) is 36.4 Å². The Morgan fingerprint density at radius 1 is 1.09 bits per heavy atom. The molecule has 3 aliphatic rings. The highest BCUT2D eigenvalue weighted by atomic mass is 19.1. The monoisotopic (exact) mass is 612 g/mol. The minimum Gasteiger partial charge on any atom is -0.451 e. The molecule has 2 atom stereocenters. The van der Waals surface area contributed by atoms with Crippen LogP contribution in [-0.2, 0) is 0 Å². The van der Waals surface area contributed by atoms with Crippen LogP contribution in [0.25, 0.3) is 27.4 Å². The summed E-state index contributed by atoms with van der Waals surface area (Å²) in [7, 11) is 2.09. The number of fused-ring (bicyclic) bond motifs is 3. The maximum absolute atomic E-state index is 16.1. The third-order valence-electron chi connectivity index (χ3n) is 10.1. The average Bonchev–Trinajstić information content (AvgIpc) is 3.46. The van der Waals surface area contributed by atoms with Crippen LogP contribution in [0.15, 0.2) is 53.5 Å². The molecule has 0 radical (unpaired) electrons. The quantitative estimate of drug-likeness (QED) is 0.180. The van der Waals surface area contributed by atoms with Crippen LogP contribution in [0, 0.1) is 11.7 Å². The Hall–Kier alpha value is -3.95. The standard InChI is InChI=1S/C36H41FN4O4/c1-40-15-7-12-26(40)13-14-38-36(44)28-20-41-30-17-23-10-5-6-11-24(23)18-31(30)45-35-32(29(37)19-27(33(35)41)34(28)43)39-25(21-42)16-22-8-3-2-4-9-22/h5-6,10-11,17-20,22,25-26,39,42H,2-4,7-9,12-16,21H2,1H3,(H,38,44)/t25-,26?/m1/s1. The molecule has 3 aromatic carbocycles. The lowest BCUT2D eigenvalue weighted by Crippen LogP contribution is -2.34. The number of nitrogens with one attached hydrogen (secondary N) is 2. The fraction of sp³-hybridized carbons (Fsp3) is 0.444. The van der Waals surface area contributed by atoms with E-state index in [9.17, 15) is 14.7 Å². The van der Waals surface area contributed by atoms with Gasteiger partial charge < -0.3 is 29.9 Å². The van der Waals surface area contributed by atoms with Gasteiger partial charge in [-0.05, 0) is 74.2 Å². The number of aliphatic hydroxyl groups excluding tert-OH is 1. The number of pyridine rings is 1. The molecule has 1 saturated carbocycles. The van der Waals surface area contributed by atoms with E-state index in [1.165, 1.54) is 25.3 Å². The summed E-state index contributed by atoms with van der Waals surface area (Å²) in [5.41, 5.74) is 0.579. The molecule has 2 aliphatic heterocycles. The van der Waals surface area contributed by atoms with Gasteiger partial charge in [0.1, 0.15) is 16.8 Å². The van der Waals surface area contributed by atoms with E-state index in [0.29, 0.717) is 35.5 Å². The topological polar surface area (TPSA) is 95.8 Å². The molecule has 1 aromatic heterocycles. The van der Waals surface area contributed by atoms with Crippen LogP contribution in [0.4, 0.5) is 10.1 Å². The molecule has 1 unspecified atom stereocenters. The predicted molar refractivity (Wildman–Crippen MR) is 175 cm³/mol. The summed E-state index contributed by atoms with van der Waals surface area (Å²) in [5.74, 6) is 0.00231. The Kier molecular flexibility index (Phi) is 8.23. The molecule has 1 saturated heterocycles. The third-order valence-corrected chi connectivity index (χ3v) is 10.1. The summed E-state index contributed by atoms with van der Waals surface area (Å²) in [6, 6.07) is 13.0. The summed E-state index contributed by atoms with van der Waals surface area (Å²) in [5, 5.41) is 18.5. The normalized spacial score (nSPS) is 19.0. The molecule has 7 rings (SSSR count). The van der Waals surface area contributed by atoms with E-state index >= 15 is 4.39 Å². The number of aromatic nitrogens is 1. The van der Waals surface area contributed by atoms with Gasteiger partial charge >= 0.3 is 0 Å². The van der Waals surface area contributed by atoms with Gasteiger partial charge in [-0.2, -0.15) is 0 Å². The fourth-order valence-corrected chi connectivity index (χ4v) is 7.60. The summed E-state index contributed by atoms with van der Waals surface area (Å²) in [4.78, 5) is 29.6. The van der Waals surface area contributed by atoms with Crippen LogP contribution < -0.4 is 20.8 Å². The highest BCUT2D eigenvalue weighted by Crippen LogP contribution is 2.46. The number of amides is 1. The van der Waals surface area contributed by atoms with E-state index in [0.717, 1.165) is 55.8 Å². The molecule has 8 nitrogen and oxygen atoms in total. The van der Waals surface area contributed by atoms with Crippen molar-refractivity contribution in [3.63, 3.8) is 0 Å². The molecule has 236 valence electrons. The van der Waals surface area contributed by atoms with E-state index < -0.39 is 17.2 Å². The van der Waals surface area contributed by atoms with Gasteiger partial charge in [0.05, 0.1) is 17.7 Å². The number of likely N-dealkylation sites (tertiary alicyclic amines) is 1. The van der Waals surface area contributed by atoms with Gasteiger partial charge in [0, 0.05) is 24.8 Å². The number of rotatable bonds is 9. The molecular formula is C36H41FN4O4. The Morgan fingerprint density at radius 3 is 2.60 bits per heavy atom. The lowest BCUT2D eigenvalue weighted by molar-refractivity contribution is 0.0949. The lowest BCUT2D eigenvalue weighted by atomic mass is 9.85.